The lowest BCUT2D eigenvalue weighted by Crippen LogP contribution is -2.05. The van der Waals surface area contributed by atoms with Crippen LogP contribution in [0.4, 0.5) is 0 Å². The average molecular weight is 188 g/mol. The van der Waals surface area contributed by atoms with Crippen LogP contribution in [0, 0.1) is 11.8 Å². The zero-order valence-corrected chi connectivity index (χ0v) is 9.03. The molecular formula is C10H20OS. The van der Waals surface area contributed by atoms with Gasteiger partial charge in [-0.05, 0) is 40.1 Å². The van der Waals surface area contributed by atoms with Gasteiger partial charge in [-0.25, -0.2) is 0 Å². The third-order valence-electron chi connectivity index (χ3n) is 2.59. The molecule has 1 aliphatic rings. The van der Waals surface area contributed by atoms with E-state index in [1.807, 2.05) is 0 Å². The summed E-state index contributed by atoms with van der Waals surface area (Å²) in [5.74, 6) is 7.02. The molecule has 0 spiro atoms. The van der Waals surface area contributed by atoms with E-state index >= 15 is 0 Å². The van der Waals surface area contributed by atoms with Crippen LogP contribution in [0.3, 0.4) is 0 Å². The maximum Gasteiger partial charge on any atom is 0.0187 e. The van der Waals surface area contributed by atoms with E-state index in [-0.39, 0.29) is 0 Å². The molecular weight excluding hydrogens is 168 g/mol. The molecule has 0 aromatic rings. The molecule has 1 aliphatic heterocycles. The van der Waals surface area contributed by atoms with Gasteiger partial charge in [0.25, 0.3) is 0 Å². The van der Waals surface area contributed by atoms with E-state index in [1.54, 1.807) is 0 Å². The minimum Gasteiger partial charge on any atom is -0.268 e. The standard InChI is InChI=1S/C10H20OS/c1-9(2)4-5-10-6-7-12(3,11)8-10/h9-10H,3-8H2,1-2H3. The maximum absolute atomic E-state index is 11.5. The van der Waals surface area contributed by atoms with Gasteiger partial charge in [-0.2, -0.15) is 0 Å². The van der Waals surface area contributed by atoms with Gasteiger partial charge < -0.3 is 0 Å². The van der Waals surface area contributed by atoms with E-state index in [4.69, 9.17) is 0 Å². The molecule has 0 amide bonds. The molecule has 2 unspecified atom stereocenters. The third-order valence-corrected chi connectivity index (χ3v) is 4.65. The van der Waals surface area contributed by atoms with Gasteiger partial charge in [0.15, 0.2) is 0 Å². The van der Waals surface area contributed by atoms with Crippen LogP contribution in [0.5, 0.6) is 0 Å². The second-order valence-corrected chi connectivity index (χ2v) is 7.14. The molecule has 0 aromatic heterocycles. The second kappa shape index (κ2) is 3.82. The third kappa shape index (κ3) is 3.18. The average Bonchev–Trinajstić information content (AvgIpc) is 2.26. The molecule has 2 atom stereocenters. The Morgan fingerprint density at radius 1 is 1.58 bits per heavy atom. The Hall–Kier alpha value is 0.0200. The molecule has 0 saturated carbocycles. The van der Waals surface area contributed by atoms with E-state index < -0.39 is 9.52 Å². The van der Waals surface area contributed by atoms with Crippen LogP contribution >= 0.6 is 0 Å². The first-order valence-electron chi connectivity index (χ1n) is 4.82. The summed E-state index contributed by atoms with van der Waals surface area (Å²) in [7, 11) is -1.64. The van der Waals surface area contributed by atoms with Crippen LogP contribution < -0.4 is 0 Å². The van der Waals surface area contributed by atoms with Crippen molar-refractivity contribution in [3.05, 3.63) is 0 Å². The van der Waals surface area contributed by atoms with E-state index in [9.17, 15) is 4.21 Å². The van der Waals surface area contributed by atoms with Crippen molar-refractivity contribution < 1.29 is 4.21 Å². The van der Waals surface area contributed by atoms with Crippen LogP contribution in [0.15, 0.2) is 0 Å². The lowest BCUT2D eigenvalue weighted by Gasteiger charge is -2.09. The van der Waals surface area contributed by atoms with E-state index in [2.05, 4.69) is 19.7 Å². The van der Waals surface area contributed by atoms with Crippen LogP contribution in [-0.2, 0) is 9.52 Å². The molecule has 1 fully saturated rings. The zero-order valence-electron chi connectivity index (χ0n) is 8.21. The van der Waals surface area contributed by atoms with Gasteiger partial charge in [0.1, 0.15) is 0 Å². The lowest BCUT2D eigenvalue weighted by atomic mass is 9.98. The molecule has 0 bridgehead atoms. The largest absolute Gasteiger partial charge is 0.268 e. The Balaban J connectivity index is 2.29. The summed E-state index contributed by atoms with van der Waals surface area (Å²) in [5.41, 5.74) is 0. The highest BCUT2D eigenvalue weighted by Crippen LogP contribution is 2.24. The van der Waals surface area contributed by atoms with Crippen molar-refractivity contribution in [2.75, 3.05) is 11.5 Å². The summed E-state index contributed by atoms with van der Waals surface area (Å²) >= 11 is 0. The summed E-state index contributed by atoms with van der Waals surface area (Å²) in [6.45, 7) is 4.49. The summed E-state index contributed by atoms with van der Waals surface area (Å²) in [5, 5.41) is 0. The van der Waals surface area contributed by atoms with E-state index in [1.165, 1.54) is 12.8 Å². The van der Waals surface area contributed by atoms with Crippen LogP contribution in [0.25, 0.3) is 0 Å². The van der Waals surface area contributed by atoms with Gasteiger partial charge in [-0.15, -0.1) is 0 Å². The summed E-state index contributed by atoms with van der Waals surface area (Å²) in [6, 6.07) is 0. The highest BCUT2D eigenvalue weighted by atomic mass is 32.2. The van der Waals surface area contributed by atoms with Crippen molar-refractivity contribution in [2.24, 2.45) is 11.8 Å². The Labute approximate surface area is 76.6 Å². The van der Waals surface area contributed by atoms with Crippen LogP contribution in [0.2, 0.25) is 0 Å². The first kappa shape index (κ1) is 10.1. The minimum atomic E-state index is -1.64. The van der Waals surface area contributed by atoms with Crippen LogP contribution in [-0.4, -0.2) is 21.6 Å². The fourth-order valence-electron chi connectivity index (χ4n) is 1.77. The van der Waals surface area contributed by atoms with Crippen molar-refractivity contribution in [3.63, 3.8) is 0 Å². The monoisotopic (exact) mass is 188 g/mol. The number of hydrogen-bond donors (Lipinski definition) is 0. The predicted octanol–water partition coefficient (Wildman–Crippen LogP) is 2.16. The molecule has 0 radical (unpaired) electrons. The lowest BCUT2D eigenvalue weighted by molar-refractivity contribution is 0.457. The molecule has 1 rings (SSSR count). The fourth-order valence-corrected chi connectivity index (χ4v) is 3.90. The van der Waals surface area contributed by atoms with E-state index in [0.717, 1.165) is 23.8 Å². The quantitative estimate of drug-likeness (QED) is 0.620. The van der Waals surface area contributed by atoms with Gasteiger partial charge in [-0.3, -0.25) is 4.21 Å². The molecule has 0 N–H and O–H groups in total. The summed E-state index contributed by atoms with van der Waals surface area (Å²) < 4.78 is 11.5. The minimum absolute atomic E-state index is 0.706. The second-order valence-electron chi connectivity index (χ2n) is 4.46. The zero-order chi connectivity index (χ0) is 9.19. The van der Waals surface area contributed by atoms with Crippen molar-refractivity contribution in [1.82, 2.24) is 0 Å². The molecule has 1 saturated heterocycles. The summed E-state index contributed by atoms with van der Waals surface area (Å²) in [6.07, 6.45) is 3.68. The highest BCUT2D eigenvalue weighted by Gasteiger charge is 2.22. The Morgan fingerprint density at radius 3 is 2.67 bits per heavy atom. The van der Waals surface area contributed by atoms with Crippen molar-refractivity contribution in [1.29, 1.82) is 0 Å². The van der Waals surface area contributed by atoms with Crippen molar-refractivity contribution in [3.8, 4) is 0 Å². The number of rotatable bonds is 3. The van der Waals surface area contributed by atoms with Gasteiger partial charge in [0.05, 0.1) is 0 Å². The first-order valence-corrected chi connectivity index (χ1v) is 6.89. The van der Waals surface area contributed by atoms with Gasteiger partial charge in [-0.1, -0.05) is 20.3 Å². The van der Waals surface area contributed by atoms with Crippen LogP contribution in [0.1, 0.15) is 33.1 Å². The van der Waals surface area contributed by atoms with Gasteiger partial charge in [0.2, 0.25) is 0 Å². The molecule has 0 aliphatic carbocycles. The van der Waals surface area contributed by atoms with Gasteiger partial charge in [0, 0.05) is 11.5 Å². The van der Waals surface area contributed by atoms with Gasteiger partial charge >= 0.3 is 0 Å². The maximum atomic E-state index is 11.5. The predicted molar refractivity (Wildman–Crippen MR) is 57.2 cm³/mol. The Bertz CT molecular complexity index is 226. The first-order chi connectivity index (χ1) is 5.49. The van der Waals surface area contributed by atoms with Crippen molar-refractivity contribution >= 4 is 15.4 Å². The smallest absolute Gasteiger partial charge is 0.0187 e. The molecule has 72 valence electrons. The Kier molecular flexibility index (Phi) is 3.22. The normalized spacial score (nSPS) is 36.1. The Morgan fingerprint density at radius 2 is 2.25 bits per heavy atom. The molecule has 0 aromatic carbocycles. The van der Waals surface area contributed by atoms with E-state index in [0.29, 0.717) is 5.92 Å². The topological polar surface area (TPSA) is 17.1 Å². The fraction of sp³-hybridized carbons (Fsp3) is 0.900. The molecule has 1 heterocycles. The summed E-state index contributed by atoms with van der Waals surface area (Å²) in [4.78, 5) is 0. The van der Waals surface area contributed by atoms with Crippen molar-refractivity contribution in [2.45, 2.75) is 33.1 Å². The molecule has 12 heavy (non-hydrogen) atoms. The SMILES string of the molecule is C=S1(=O)CCC(CCC(C)C)C1. The molecule has 2 heteroatoms. The molecule has 1 nitrogen and oxygen atoms in total. The number of hydrogen-bond acceptors (Lipinski definition) is 1. The highest BCUT2D eigenvalue weighted by molar-refractivity contribution is 8.00.